The minimum atomic E-state index is 0. The molecular formula is C21H30IN3O2. The second kappa shape index (κ2) is 11.7. The van der Waals surface area contributed by atoms with Gasteiger partial charge in [0, 0.05) is 26.2 Å². The molecule has 0 amide bonds. The number of benzene rings is 2. The molecule has 0 spiro atoms. The van der Waals surface area contributed by atoms with E-state index in [1.165, 1.54) is 11.1 Å². The number of methoxy groups -OCH3 is 1. The predicted octanol–water partition coefficient (Wildman–Crippen LogP) is 3.84. The number of aliphatic imine (C=N–C) groups is 1. The van der Waals surface area contributed by atoms with Gasteiger partial charge in [0.2, 0.25) is 0 Å². The van der Waals surface area contributed by atoms with Crippen molar-refractivity contribution in [1.82, 2.24) is 10.6 Å². The third-order valence-corrected chi connectivity index (χ3v) is 4.39. The van der Waals surface area contributed by atoms with Gasteiger partial charge < -0.3 is 20.5 Å². The summed E-state index contributed by atoms with van der Waals surface area (Å²) in [5, 5.41) is 16.7. The number of rotatable bonds is 7. The van der Waals surface area contributed by atoms with Crippen LogP contribution in [0.2, 0.25) is 0 Å². The van der Waals surface area contributed by atoms with Crippen LogP contribution in [-0.4, -0.2) is 38.3 Å². The monoisotopic (exact) mass is 483 g/mol. The van der Waals surface area contributed by atoms with Gasteiger partial charge in [-0.15, -0.1) is 24.0 Å². The molecule has 0 radical (unpaired) electrons. The standard InChI is InChI=1S/C21H29N3O2.HI/c1-15-6-5-7-18(12-15)16(2)14-24-21(22-3)23-11-10-17-8-9-19(26-4)13-20(17)25;/h5-9,12-13,16,25H,10-11,14H2,1-4H3,(H2,22,23,24);1H. The fourth-order valence-electron chi connectivity index (χ4n) is 2.76. The number of halogens is 1. The van der Waals surface area contributed by atoms with Crippen molar-refractivity contribution in [2.45, 2.75) is 26.2 Å². The number of hydrogen-bond acceptors (Lipinski definition) is 3. The van der Waals surface area contributed by atoms with Gasteiger partial charge in [-0.05, 0) is 36.5 Å². The largest absolute Gasteiger partial charge is 0.508 e. The van der Waals surface area contributed by atoms with Crippen molar-refractivity contribution in [2.75, 3.05) is 27.2 Å². The van der Waals surface area contributed by atoms with E-state index in [0.717, 1.165) is 18.1 Å². The van der Waals surface area contributed by atoms with E-state index in [2.05, 4.69) is 53.7 Å². The van der Waals surface area contributed by atoms with Gasteiger partial charge in [-0.2, -0.15) is 0 Å². The molecule has 0 saturated carbocycles. The molecule has 0 bridgehead atoms. The van der Waals surface area contributed by atoms with Crippen molar-refractivity contribution in [2.24, 2.45) is 4.99 Å². The number of phenols is 1. The minimum Gasteiger partial charge on any atom is -0.508 e. The SMILES string of the molecule is CN=C(NCCc1ccc(OC)cc1O)NCC(C)c1cccc(C)c1.I. The normalized spacial score (nSPS) is 12.1. The van der Waals surface area contributed by atoms with Crippen LogP contribution in [0.4, 0.5) is 0 Å². The van der Waals surface area contributed by atoms with Crippen LogP contribution in [0.5, 0.6) is 11.5 Å². The first-order valence-corrected chi connectivity index (χ1v) is 8.90. The van der Waals surface area contributed by atoms with Gasteiger partial charge >= 0.3 is 0 Å². The maximum absolute atomic E-state index is 10.0. The van der Waals surface area contributed by atoms with Crippen molar-refractivity contribution in [3.05, 3.63) is 59.2 Å². The quantitative estimate of drug-likeness (QED) is 0.318. The number of nitrogens with zero attached hydrogens (tertiary/aromatic N) is 1. The fourth-order valence-corrected chi connectivity index (χ4v) is 2.76. The Hall–Kier alpha value is -1.96. The van der Waals surface area contributed by atoms with E-state index < -0.39 is 0 Å². The fraction of sp³-hybridized carbons (Fsp3) is 0.381. The van der Waals surface area contributed by atoms with Crippen LogP contribution in [0, 0.1) is 6.92 Å². The van der Waals surface area contributed by atoms with Gasteiger partial charge in [-0.3, -0.25) is 4.99 Å². The lowest BCUT2D eigenvalue weighted by atomic mass is 9.99. The Morgan fingerprint density at radius 2 is 1.96 bits per heavy atom. The Morgan fingerprint density at radius 3 is 2.59 bits per heavy atom. The molecule has 1 atom stereocenters. The summed E-state index contributed by atoms with van der Waals surface area (Å²) in [7, 11) is 3.35. The molecule has 148 valence electrons. The highest BCUT2D eigenvalue weighted by atomic mass is 127. The zero-order valence-corrected chi connectivity index (χ0v) is 18.8. The molecule has 2 rings (SSSR count). The molecule has 2 aromatic rings. The lowest BCUT2D eigenvalue weighted by Gasteiger charge is -2.17. The van der Waals surface area contributed by atoms with Crippen molar-refractivity contribution in [1.29, 1.82) is 0 Å². The molecular weight excluding hydrogens is 453 g/mol. The van der Waals surface area contributed by atoms with Crippen LogP contribution in [0.25, 0.3) is 0 Å². The average Bonchev–Trinajstić information content (AvgIpc) is 2.65. The number of aromatic hydroxyl groups is 1. The van der Waals surface area contributed by atoms with Crippen LogP contribution in [0.15, 0.2) is 47.5 Å². The summed E-state index contributed by atoms with van der Waals surface area (Å²) >= 11 is 0. The summed E-state index contributed by atoms with van der Waals surface area (Å²) in [5.41, 5.74) is 3.47. The Morgan fingerprint density at radius 1 is 1.19 bits per heavy atom. The Balaban J connectivity index is 0.00000364. The maximum atomic E-state index is 10.0. The van der Waals surface area contributed by atoms with Gasteiger partial charge in [0.1, 0.15) is 11.5 Å². The highest BCUT2D eigenvalue weighted by Crippen LogP contribution is 2.23. The first kappa shape index (κ1) is 23.1. The highest BCUT2D eigenvalue weighted by molar-refractivity contribution is 14.0. The number of ether oxygens (including phenoxy) is 1. The molecule has 0 fully saturated rings. The zero-order chi connectivity index (χ0) is 18.9. The average molecular weight is 483 g/mol. The van der Waals surface area contributed by atoms with E-state index in [9.17, 15) is 5.11 Å². The molecule has 3 N–H and O–H groups in total. The van der Waals surface area contributed by atoms with Crippen molar-refractivity contribution >= 4 is 29.9 Å². The van der Waals surface area contributed by atoms with Crippen molar-refractivity contribution in [3.8, 4) is 11.5 Å². The number of nitrogens with one attached hydrogen (secondary N) is 2. The minimum absolute atomic E-state index is 0. The van der Waals surface area contributed by atoms with Gasteiger partial charge in [0.15, 0.2) is 5.96 Å². The topological polar surface area (TPSA) is 65.9 Å². The van der Waals surface area contributed by atoms with E-state index in [-0.39, 0.29) is 29.7 Å². The third-order valence-electron chi connectivity index (χ3n) is 4.39. The summed E-state index contributed by atoms with van der Waals surface area (Å²) in [6.45, 7) is 5.79. The summed E-state index contributed by atoms with van der Waals surface area (Å²) in [6, 6.07) is 13.9. The zero-order valence-electron chi connectivity index (χ0n) is 16.5. The molecule has 27 heavy (non-hydrogen) atoms. The molecule has 0 aliphatic heterocycles. The van der Waals surface area contributed by atoms with E-state index >= 15 is 0 Å². The van der Waals surface area contributed by atoms with Crippen LogP contribution in [0.1, 0.15) is 29.5 Å². The third kappa shape index (κ3) is 7.28. The number of phenolic OH excluding ortho intramolecular Hbond substituents is 1. The first-order valence-electron chi connectivity index (χ1n) is 8.90. The lowest BCUT2D eigenvalue weighted by Crippen LogP contribution is -2.39. The van der Waals surface area contributed by atoms with E-state index in [0.29, 0.717) is 24.6 Å². The molecule has 1 unspecified atom stereocenters. The molecule has 0 aliphatic carbocycles. The summed E-state index contributed by atoms with van der Waals surface area (Å²) in [5.74, 6) is 2.06. The van der Waals surface area contributed by atoms with E-state index in [4.69, 9.17) is 4.74 Å². The Kier molecular flexibility index (Phi) is 9.99. The Bertz CT molecular complexity index is 750. The summed E-state index contributed by atoms with van der Waals surface area (Å²) < 4.78 is 5.10. The van der Waals surface area contributed by atoms with Crippen LogP contribution >= 0.6 is 24.0 Å². The Labute approximate surface area is 179 Å². The number of guanidine groups is 1. The highest BCUT2D eigenvalue weighted by Gasteiger charge is 2.08. The summed E-state index contributed by atoms with van der Waals surface area (Å²) in [4.78, 5) is 4.26. The van der Waals surface area contributed by atoms with Gasteiger partial charge in [0.25, 0.3) is 0 Å². The molecule has 0 aromatic heterocycles. The molecule has 5 nitrogen and oxygen atoms in total. The second-order valence-corrected chi connectivity index (χ2v) is 6.44. The second-order valence-electron chi connectivity index (χ2n) is 6.44. The predicted molar refractivity (Wildman–Crippen MR) is 123 cm³/mol. The van der Waals surface area contributed by atoms with Crippen LogP contribution < -0.4 is 15.4 Å². The smallest absolute Gasteiger partial charge is 0.191 e. The van der Waals surface area contributed by atoms with Crippen molar-refractivity contribution in [3.63, 3.8) is 0 Å². The van der Waals surface area contributed by atoms with Gasteiger partial charge in [-0.1, -0.05) is 42.8 Å². The summed E-state index contributed by atoms with van der Waals surface area (Å²) in [6.07, 6.45) is 0.698. The molecule has 0 aliphatic rings. The van der Waals surface area contributed by atoms with Gasteiger partial charge in [0.05, 0.1) is 7.11 Å². The maximum Gasteiger partial charge on any atom is 0.191 e. The molecule has 6 heteroatoms. The van der Waals surface area contributed by atoms with Crippen molar-refractivity contribution < 1.29 is 9.84 Å². The molecule has 2 aromatic carbocycles. The lowest BCUT2D eigenvalue weighted by molar-refractivity contribution is 0.406. The van der Waals surface area contributed by atoms with E-state index in [1.807, 2.05) is 12.1 Å². The van der Waals surface area contributed by atoms with Crippen LogP contribution in [-0.2, 0) is 6.42 Å². The molecule has 0 heterocycles. The van der Waals surface area contributed by atoms with Crippen LogP contribution in [0.3, 0.4) is 0 Å². The number of hydrogen-bond donors (Lipinski definition) is 3. The molecule has 0 saturated heterocycles. The van der Waals surface area contributed by atoms with E-state index in [1.54, 1.807) is 20.2 Å². The van der Waals surface area contributed by atoms with Gasteiger partial charge in [-0.25, -0.2) is 0 Å². The number of aryl methyl sites for hydroxylation is 1. The first-order chi connectivity index (χ1) is 12.5.